The van der Waals surface area contributed by atoms with Crippen LogP contribution in [-0.4, -0.2) is 19.6 Å². The molecular formula is C27H28F3N4. The molecule has 4 rings (SSSR count). The number of hydrogen-bond acceptors (Lipinski definition) is 2. The van der Waals surface area contributed by atoms with Crippen molar-refractivity contribution in [1.82, 2.24) is 19.6 Å². The highest BCUT2D eigenvalue weighted by Gasteiger charge is 2.37. The maximum Gasteiger partial charge on any atom is 0.435 e. The molecule has 0 bridgehead atoms. The highest BCUT2D eigenvalue weighted by Crippen LogP contribution is 2.34. The van der Waals surface area contributed by atoms with Crippen LogP contribution in [0.2, 0.25) is 0 Å². The Morgan fingerprint density at radius 2 is 1.68 bits per heavy atom. The summed E-state index contributed by atoms with van der Waals surface area (Å²) in [5.41, 5.74) is 5.30. The van der Waals surface area contributed by atoms with Gasteiger partial charge in [-0.3, -0.25) is 0 Å². The minimum atomic E-state index is -4.55. The summed E-state index contributed by atoms with van der Waals surface area (Å²) in [6, 6.07) is 16.5. The number of rotatable bonds is 7. The van der Waals surface area contributed by atoms with Gasteiger partial charge in [-0.1, -0.05) is 44.2 Å². The Morgan fingerprint density at radius 3 is 2.35 bits per heavy atom. The van der Waals surface area contributed by atoms with Crippen molar-refractivity contribution in [3.63, 3.8) is 0 Å². The molecule has 4 aromatic rings. The van der Waals surface area contributed by atoms with E-state index in [0.29, 0.717) is 23.4 Å². The van der Waals surface area contributed by atoms with E-state index < -0.39 is 11.9 Å². The van der Waals surface area contributed by atoms with E-state index in [-0.39, 0.29) is 12.0 Å². The lowest BCUT2D eigenvalue weighted by Crippen LogP contribution is -2.12. The minimum Gasteiger partial charge on any atom is -0.238 e. The summed E-state index contributed by atoms with van der Waals surface area (Å²) in [7, 11) is 0. The van der Waals surface area contributed by atoms with Crippen LogP contribution in [0.15, 0.2) is 48.7 Å². The van der Waals surface area contributed by atoms with E-state index in [9.17, 15) is 13.2 Å². The Morgan fingerprint density at radius 1 is 0.941 bits per heavy atom. The zero-order valence-corrected chi connectivity index (χ0v) is 19.9. The van der Waals surface area contributed by atoms with Gasteiger partial charge in [-0.2, -0.15) is 23.4 Å². The average molecular weight is 466 g/mol. The van der Waals surface area contributed by atoms with E-state index in [4.69, 9.17) is 5.10 Å². The Labute approximate surface area is 198 Å². The SMILES string of the molecule is CCc1cc(CC)n(-c2cc[c]c(C)c2-n2cc(CCc3ccccc3C)c(C(F)(F)F)n2)n1. The molecule has 2 aromatic carbocycles. The van der Waals surface area contributed by atoms with Crippen LogP contribution < -0.4 is 0 Å². The highest BCUT2D eigenvalue weighted by molar-refractivity contribution is 5.57. The van der Waals surface area contributed by atoms with E-state index >= 15 is 0 Å². The molecule has 0 unspecified atom stereocenters. The predicted octanol–water partition coefficient (Wildman–Crippen LogP) is 6.40. The van der Waals surface area contributed by atoms with Crippen LogP contribution >= 0.6 is 0 Å². The third kappa shape index (κ3) is 4.65. The van der Waals surface area contributed by atoms with E-state index in [1.807, 2.05) is 68.8 Å². The maximum absolute atomic E-state index is 14.0. The summed E-state index contributed by atoms with van der Waals surface area (Å²) >= 11 is 0. The molecular weight excluding hydrogens is 437 g/mol. The number of benzene rings is 2. The Kier molecular flexibility index (Phi) is 6.64. The fourth-order valence-corrected chi connectivity index (χ4v) is 4.26. The molecule has 0 amide bonds. The van der Waals surface area contributed by atoms with Gasteiger partial charge in [0.1, 0.15) is 0 Å². The highest BCUT2D eigenvalue weighted by atomic mass is 19.4. The fraction of sp³-hybridized carbons (Fsp3) is 0.333. The molecule has 2 aromatic heterocycles. The Bertz CT molecular complexity index is 1300. The number of alkyl halides is 3. The molecule has 0 aliphatic heterocycles. The van der Waals surface area contributed by atoms with Crippen molar-refractivity contribution >= 4 is 0 Å². The van der Waals surface area contributed by atoms with Gasteiger partial charge in [-0.05, 0) is 74.4 Å². The summed E-state index contributed by atoms with van der Waals surface area (Å²) in [4.78, 5) is 0. The third-order valence-electron chi connectivity index (χ3n) is 6.14. The molecule has 0 aliphatic carbocycles. The first-order valence-electron chi connectivity index (χ1n) is 11.5. The number of aryl methyl sites for hydroxylation is 6. The lowest BCUT2D eigenvalue weighted by Gasteiger charge is -2.14. The normalized spacial score (nSPS) is 11.9. The van der Waals surface area contributed by atoms with Gasteiger partial charge in [0.05, 0.1) is 17.1 Å². The van der Waals surface area contributed by atoms with Gasteiger partial charge in [0, 0.05) is 17.5 Å². The molecule has 7 heteroatoms. The zero-order chi connectivity index (χ0) is 24.5. The van der Waals surface area contributed by atoms with Gasteiger partial charge in [0.15, 0.2) is 5.69 Å². The van der Waals surface area contributed by atoms with Crippen molar-refractivity contribution in [3.05, 3.63) is 94.1 Å². The smallest absolute Gasteiger partial charge is 0.238 e. The second-order valence-corrected chi connectivity index (χ2v) is 8.45. The van der Waals surface area contributed by atoms with Crippen molar-refractivity contribution in [2.24, 2.45) is 0 Å². The quantitative estimate of drug-likeness (QED) is 0.316. The van der Waals surface area contributed by atoms with Gasteiger partial charge in [-0.15, -0.1) is 0 Å². The summed E-state index contributed by atoms with van der Waals surface area (Å²) in [5, 5.41) is 8.75. The van der Waals surface area contributed by atoms with Crippen LogP contribution in [0.5, 0.6) is 0 Å². The number of hydrogen-bond donors (Lipinski definition) is 0. The van der Waals surface area contributed by atoms with Crippen LogP contribution in [0.25, 0.3) is 11.4 Å². The molecule has 34 heavy (non-hydrogen) atoms. The monoisotopic (exact) mass is 465 g/mol. The lowest BCUT2D eigenvalue weighted by atomic mass is 10.0. The van der Waals surface area contributed by atoms with E-state index in [0.717, 1.165) is 35.4 Å². The number of halogens is 3. The molecule has 0 fully saturated rings. The van der Waals surface area contributed by atoms with Crippen molar-refractivity contribution < 1.29 is 13.2 Å². The molecule has 0 saturated carbocycles. The van der Waals surface area contributed by atoms with Crippen LogP contribution in [0.1, 0.15) is 53.2 Å². The van der Waals surface area contributed by atoms with Crippen molar-refractivity contribution in [1.29, 1.82) is 0 Å². The molecule has 0 N–H and O–H groups in total. The Hall–Kier alpha value is -3.35. The molecule has 0 saturated heterocycles. The van der Waals surface area contributed by atoms with Crippen LogP contribution in [0, 0.1) is 19.9 Å². The van der Waals surface area contributed by atoms with Gasteiger partial charge in [0.25, 0.3) is 0 Å². The second-order valence-electron chi connectivity index (χ2n) is 8.45. The van der Waals surface area contributed by atoms with E-state index in [1.54, 1.807) is 6.07 Å². The topological polar surface area (TPSA) is 35.6 Å². The standard InChI is InChI=1S/C27H28F3N4/c1-5-22-16-23(6-2)34(31-22)24-13-9-11-19(4)25(24)33-17-21(26(32-33)27(28,29)30)15-14-20-12-8-7-10-18(20)3/h7-10,12-13,16-17H,5-6,14-15H2,1-4H3. The van der Waals surface area contributed by atoms with Crippen molar-refractivity contribution in [3.8, 4) is 11.4 Å². The summed E-state index contributed by atoms with van der Waals surface area (Å²) < 4.78 is 45.1. The van der Waals surface area contributed by atoms with Crippen LogP contribution in [0.4, 0.5) is 13.2 Å². The zero-order valence-electron chi connectivity index (χ0n) is 19.9. The van der Waals surface area contributed by atoms with Crippen molar-refractivity contribution in [2.45, 2.75) is 59.6 Å². The molecule has 0 aliphatic rings. The molecule has 1 radical (unpaired) electrons. The molecule has 4 nitrogen and oxygen atoms in total. The first-order chi connectivity index (χ1) is 16.2. The summed E-state index contributed by atoms with van der Waals surface area (Å²) in [6.45, 7) is 7.87. The molecule has 0 atom stereocenters. The molecule has 0 spiro atoms. The largest absolute Gasteiger partial charge is 0.435 e. The average Bonchev–Trinajstić information content (AvgIpc) is 3.42. The summed E-state index contributed by atoms with van der Waals surface area (Å²) in [6.07, 6.45) is -0.764. The predicted molar refractivity (Wildman–Crippen MR) is 127 cm³/mol. The van der Waals surface area contributed by atoms with Crippen LogP contribution in [-0.2, 0) is 31.9 Å². The number of aromatic nitrogens is 4. The Balaban J connectivity index is 1.81. The molecule has 2 heterocycles. The minimum absolute atomic E-state index is 0.176. The summed E-state index contributed by atoms with van der Waals surface area (Å²) in [5.74, 6) is 0. The van der Waals surface area contributed by atoms with Gasteiger partial charge < -0.3 is 0 Å². The lowest BCUT2D eigenvalue weighted by molar-refractivity contribution is -0.141. The molecule has 177 valence electrons. The second kappa shape index (κ2) is 9.49. The maximum atomic E-state index is 14.0. The van der Waals surface area contributed by atoms with E-state index in [1.165, 1.54) is 10.9 Å². The van der Waals surface area contributed by atoms with Crippen LogP contribution in [0.3, 0.4) is 0 Å². The first kappa shape index (κ1) is 23.8. The van der Waals surface area contributed by atoms with E-state index in [2.05, 4.69) is 11.2 Å². The van der Waals surface area contributed by atoms with Gasteiger partial charge in [-0.25, -0.2) is 9.36 Å². The fourth-order valence-electron chi connectivity index (χ4n) is 4.26. The van der Waals surface area contributed by atoms with Gasteiger partial charge >= 0.3 is 6.18 Å². The third-order valence-corrected chi connectivity index (χ3v) is 6.14. The van der Waals surface area contributed by atoms with Crippen molar-refractivity contribution in [2.75, 3.05) is 0 Å². The van der Waals surface area contributed by atoms with Gasteiger partial charge in [0.2, 0.25) is 0 Å². The number of nitrogens with zero attached hydrogens (tertiary/aromatic N) is 4. The first-order valence-corrected chi connectivity index (χ1v) is 11.5.